The van der Waals surface area contributed by atoms with Gasteiger partial charge in [0.05, 0.1) is 6.54 Å². The van der Waals surface area contributed by atoms with E-state index in [-0.39, 0.29) is 6.54 Å². The first kappa shape index (κ1) is 15.8. The fourth-order valence-corrected chi connectivity index (χ4v) is 2.06. The molecule has 0 radical (unpaired) electrons. The van der Waals surface area contributed by atoms with Crippen molar-refractivity contribution in [2.45, 2.75) is 40.2 Å². The first-order valence-electron chi connectivity index (χ1n) is 6.62. The quantitative estimate of drug-likeness (QED) is 0.773. The van der Waals surface area contributed by atoms with Crippen LogP contribution in [-0.2, 0) is 6.54 Å². The first-order chi connectivity index (χ1) is 8.95. The summed E-state index contributed by atoms with van der Waals surface area (Å²) in [6, 6.07) is 1.99. The van der Waals surface area contributed by atoms with Gasteiger partial charge in [-0.25, -0.2) is 13.8 Å². The number of rotatable bonds is 7. The average Bonchev–Trinajstić information content (AvgIpc) is 2.30. The van der Waals surface area contributed by atoms with Gasteiger partial charge in [-0.2, -0.15) is 0 Å². The zero-order chi connectivity index (χ0) is 14.4. The standard InChI is InChI=1S/C14H23F2N3/c1-5-6-17-8-12-10(2)7-11(3)18-14(12)19(4)9-13(15)16/h7,13,17H,5-6,8-9H2,1-4H3. The molecule has 0 aliphatic rings. The molecule has 108 valence electrons. The predicted octanol–water partition coefficient (Wildman–Crippen LogP) is 2.90. The molecule has 1 aromatic heterocycles. The van der Waals surface area contributed by atoms with Gasteiger partial charge in [-0.1, -0.05) is 6.92 Å². The summed E-state index contributed by atoms with van der Waals surface area (Å²) >= 11 is 0. The molecule has 1 N–H and O–H groups in total. The van der Waals surface area contributed by atoms with E-state index < -0.39 is 6.43 Å². The van der Waals surface area contributed by atoms with Crippen LogP contribution < -0.4 is 10.2 Å². The van der Waals surface area contributed by atoms with Crippen molar-refractivity contribution in [2.75, 3.05) is 25.0 Å². The number of hydrogen-bond acceptors (Lipinski definition) is 3. The number of aryl methyl sites for hydroxylation is 2. The molecule has 0 fully saturated rings. The molecule has 0 atom stereocenters. The van der Waals surface area contributed by atoms with Gasteiger partial charge < -0.3 is 10.2 Å². The van der Waals surface area contributed by atoms with Gasteiger partial charge in [-0.05, 0) is 38.4 Å². The fourth-order valence-electron chi connectivity index (χ4n) is 2.06. The van der Waals surface area contributed by atoms with Gasteiger partial charge in [-0.3, -0.25) is 0 Å². The van der Waals surface area contributed by atoms with E-state index in [2.05, 4.69) is 17.2 Å². The molecule has 19 heavy (non-hydrogen) atoms. The molecule has 0 saturated carbocycles. The van der Waals surface area contributed by atoms with E-state index in [1.54, 1.807) is 7.05 Å². The van der Waals surface area contributed by atoms with Gasteiger partial charge in [0.1, 0.15) is 5.82 Å². The third-order valence-corrected chi connectivity index (χ3v) is 2.96. The number of pyridine rings is 1. The maximum absolute atomic E-state index is 12.5. The van der Waals surface area contributed by atoms with E-state index in [0.29, 0.717) is 12.4 Å². The Hall–Kier alpha value is -1.23. The number of aromatic nitrogens is 1. The van der Waals surface area contributed by atoms with Gasteiger partial charge in [0.2, 0.25) is 0 Å². The van der Waals surface area contributed by atoms with Crippen LogP contribution in [0.2, 0.25) is 0 Å². The molecule has 0 amide bonds. The number of alkyl halides is 2. The van der Waals surface area contributed by atoms with E-state index in [1.807, 2.05) is 19.9 Å². The SMILES string of the molecule is CCCNCc1c(C)cc(C)nc1N(C)CC(F)F. The second-order valence-corrected chi connectivity index (χ2v) is 4.83. The van der Waals surface area contributed by atoms with Crippen LogP contribution in [0.25, 0.3) is 0 Å². The number of hydrogen-bond donors (Lipinski definition) is 1. The van der Waals surface area contributed by atoms with Gasteiger partial charge in [-0.15, -0.1) is 0 Å². The zero-order valence-electron chi connectivity index (χ0n) is 12.1. The van der Waals surface area contributed by atoms with Gasteiger partial charge >= 0.3 is 0 Å². The van der Waals surface area contributed by atoms with Crippen molar-refractivity contribution in [3.05, 3.63) is 22.9 Å². The summed E-state index contributed by atoms with van der Waals surface area (Å²) < 4.78 is 25.1. The highest BCUT2D eigenvalue weighted by Crippen LogP contribution is 2.22. The van der Waals surface area contributed by atoms with Crippen molar-refractivity contribution in [3.63, 3.8) is 0 Å². The van der Waals surface area contributed by atoms with Crippen LogP contribution in [0.1, 0.15) is 30.2 Å². The minimum absolute atomic E-state index is 0.295. The Balaban J connectivity index is 2.98. The Kier molecular flexibility index (Phi) is 6.15. The number of nitrogens with one attached hydrogen (secondary N) is 1. The lowest BCUT2D eigenvalue weighted by atomic mass is 10.1. The van der Waals surface area contributed by atoms with Crippen LogP contribution in [0.3, 0.4) is 0 Å². The van der Waals surface area contributed by atoms with Crippen molar-refractivity contribution in [1.29, 1.82) is 0 Å². The molecule has 0 spiro atoms. The maximum Gasteiger partial charge on any atom is 0.255 e. The Morgan fingerprint density at radius 1 is 1.37 bits per heavy atom. The lowest BCUT2D eigenvalue weighted by Crippen LogP contribution is -2.28. The molecule has 5 heteroatoms. The monoisotopic (exact) mass is 271 g/mol. The molecule has 0 unspecified atom stereocenters. The first-order valence-corrected chi connectivity index (χ1v) is 6.62. The van der Waals surface area contributed by atoms with Crippen molar-refractivity contribution in [3.8, 4) is 0 Å². The van der Waals surface area contributed by atoms with Crippen LogP contribution >= 0.6 is 0 Å². The van der Waals surface area contributed by atoms with Crippen molar-refractivity contribution in [1.82, 2.24) is 10.3 Å². The topological polar surface area (TPSA) is 28.2 Å². The zero-order valence-corrected chi connectivity index (χ0v) is 12.1. The van der Waals surface area contributed by atoms with Crippen LogP contribution in [0.15, 0.2) is 6.07 Å². The summed E-state index contributed by atoms with van der Waals surface area (Å²) in [5.74, 6) is 0.654. The van der Waals surface area contributed by atoms with Gasteiger partial charge in [0.25, 0.3) is 6.43 Å². The minimum Gasteiger partial charge on any atom is -0.354 e. The second-order valence-electron chi connectivity index (χ2n) is 4.83. The van der Waals surface area contributed by atoms with E-state index in [0.717, 1.165) is 29.8 Å². The molecule has 0 aromatic carbocycles. The largest absolute Gasteiger partial charge is 0.354 e. The Bertz CT molecular complexity index is 408. The van der Waals surface area contributed by atoms with Crippen molar-refractivity contribution in [2.24, 2.45) is 0 Å². The molecule has 3 nitrogen and oxygen atoms in total. The molecule has 0 aliphatic carbocycles. The molecule has 1 aromatic rings. The van der Waals surface area contributed by atoms with Crippen LogP contribution in [0, 0.1) is 13.8 Å². The number of nitrogens with zero attached hydrogens (tertiary/aromatic N) is 2. The number of anilines is 1. The van der Waals surface area contributed by atoms with E-state index in [1.165, 1.54) is 4.90 Å². The third kappa shape index (κ3) is 4.74. The summed E-state index contributed by atoms with van der Waals surface area (Å²) in [7, 11) is 1.66. The third-order valence-electron chi connectivity index (χ3n) is 2.96. The Labute approximate surface area is 114 Å². The minimum atomic E-state index is -2.36. The Morgan fingerprint density at radius 3 is 2.63 bits per heavy atom. The molecular weight excluding hydrogens is 248 g/mol. The normalized spacial score (nSPS) is 11.1. The fraction of sp³-hybridized carbons (Fsp3) is 0.643. The van der Waals surface area contributed by atoms with Crippen molar-refractivity contribution < 1.29 is 8.78 Å². The summed E-state index contributed by atoms with van der Waals surface area (Å²) in [5, 5.41) is 3.31. The lowest BCUT2D eigenvalue weighted by molar-refractivity contribution is 0.156. The average molecular weight is 271 g/mol. The summed E-state index contributed by atoms with van der Waals surface area (Å²) in [6.07, 6.45) is -1.32. The predicted molar refractivity (Wildman–Crippen MR) is 75.0 cm³/mol. The molecule has 0 aliphatic heterocycles. The smallest absolute Gasteiger partial charge is 0.255 e. The summed E-state index contributed by atoms with van der Waals surface area (Å²) in [4.78, 5) is 5.95. The highest BCUT2D eigenvalue weighted by molar-refractivity contribution is 5.51. The van der Waals surface area contributed by atoms with Crippen LogP contribution in [0.5, 0.6) is 0 Å². The molecular formula is C14H23F2N3. The van der Waals surface area contributed by atoms with E-state index in [4.69, 9.17) is 0 Å². The van der Waals surface area contributed by atoms with Gasteiger partial charge in [0, 0.05) is 24.8 Å². The summed E-state index contributed by atoms with van der Waals surface area (Å²) in [5.41, 5.74) is 2.95. The highest BCUT2D eigenvalue weighted by atomic mass is 19.3. The molecule has 0 saturated heterocycles. The van der Waals surface area contributed by atoms with E-state index in [9.17, 15) is 8.78 Å². The van der Waals surface area contributed by atoms with E-state index >= 15 is 0 Å². The maximum atomic E-state index is 12.5. The molecule has 0 bridgehead atoms. The number of halogens is 2. The van der Waals surface area contributed by atoms with Crippen LogP contribution in [0.4, 0.5) is 14.6 Å². The second kappa shape index (κ2) is 7.38. The highest BCUT2D eigenvalue weighted by Gasteiger charge is 2.15. The van der Waals surface area contributed by atoms with Crippen LogP contribution in [-0.4, -0.2) is 31.5 Å². The summed E-state index contributed by atoms with van der Waals surface area (Å²) in [6.45, 7) is 7.25. The van der Waals surface area contributed by atoms with Crippen molar-refractivity contribution >= 4 is 5.82 Å². The molecule has 1 heterocycles. The lowest BCUT2D eigenvalue weighted by Gasteiger charge is -2.23. The molecule has 1 rings (SSSR count). The van der Waals surface area contributed by atoms with Gasteiger partial charge in [0.15, 0.2) is 0 Å². The Morgan fingerprint density at radius 2 is 2.05 bits per heavy atom.